The molecule has 8 heteroatoms. The molecule has 1 aromatic rings. The molecule has 0 aromatic carbocycles. The van der Waals surface area contributed by atoms with Gasteiger partial charge >= 0.3 is 5.97 Å². The highest BCUT2D eigenvalue weighted by Crippen LogP contribution is 2.27. The van der Waals surface area contributed by atoms with Crippen LogP contribution in [0.1, 0.15) is 64.0 Å². The fraction of sp³-hybridized carbons (Fsp3) is 0.700. The van der Waals surface area contributed by atoms with E-state index in [1.54, 1.807) is 18.0 Å². The molecule has 1 atom stereocenters. The summed E-state index contributed by atoms with van der Waals surface area (Å²) in [4.78, 5) is 46.2. The van der Waals surface area contributed by atoms with Gasteiger partial charge in [-0.1, -0.05) is 33.6 Å². The van der Waals surface area contributed by atoms with Crippen LogP contribution >= 0.6 is 0 Å². The molecule has 0 radical (unpaired) electrons. The van der Waals surface area contributed by atoms with E-state index in [0.717, 1.165) is 25.7 Å². The van der Waals surface area contributed by atoms with Crippen molar-refractivity contribution in [3.63, 3.8) is 0 Å². The van der Waals surface area contributed by atoms with E-state index in [1.807, 2.05) is 20.8 Å². The van der Waals surface area contributed by atoms with Gasteiger partial charge in [0.1, 0.15) is 12.6 Å². The van der Waals surface area contributed by atoms with E-state index in [4.69, 9.17) is 4.74 Å². The summed E-state index contributed by atoms with van der Waals surface area (Å²) in [5.74, 6) is -0.629. The van der Waals surface area contributed by atoms with E-state index in [9.17, 15) is 14.4 Å². The summed E-state index contributed by atoms with van der Waals surface area (Å²) >= 11 is 0. The molecular weight excluding hydrogens is 360 g/mol. The van der Waals surface area contributed by atoms with Gasteiger partial charge in [-0.15, -0.1) is 0 Å². The highest BCUT2D eigenvalue weighted by Gasteiger charge is 2.37. The lowest BCUT2D eigenvalue weighted by atomic mass is 9.85. The Hall–Kier alpha value is -2.38. The Balaban J connectivity index is 2.19. The zero-order chi connectivity index (χ0) is 20.7. The Bertz CT molecular complexity index is 660. The third-order valence-electron chi connectivity index (χ3n) is 4.99. The summed E-state index contributed by atoms with van der Waals surface area (Å²) in [6.45, 7) is 8.06. The van der Waals surface area contributed by atoms with Crippen molar-refractivity contribution < 1.29 is 19.1 Å². The van der Waals surface area contributed by atoms with Crippen LogP contribution in [0, 0.1) is 11.3 Å². The number of carbonyl (C=O) groups excluding carboxylic acids is 3. The number of nitrogens with zero attached hydrogens (tertiary/aromatic N) is 2. The number of hydrogen-bond acceptors (Lipinski definition) is 5. The largest absolute Gasteiger partial charge is 0.465 e. The second-order valence-corrected chi connectivity index (χ2v) is 8.38. The van der Waals surface area contributed by atoms with Crippen molar-refractivity contribution in [2.45, 2.75) is 59.4 Å². The number of esters is 1. The number of nitrogens with one attached hydrogen (secondary N) is 2. The van der Waals surface area contributed by atoms with Crippen LogP contribution in [0.25, 0.3) is 0 Å². The summed E-state index contributed by atoms with van der Waals surface area (Å²) in [6, 6.07) is -0.791. The van der Waals surface area contributed by atoms with Crippen LogP contribution < -0.4 is 5.32 Å². The van der Waals surface area contributed by atoms with Gasteiger partial charge in [0.05, 0.1) is 6.61 Å². The van der Waals surface area contributed by atoms with Gasteiger partial charge in [0, 0.05) is 18.9 Å². The van der Waals surface area contributed by atoms with E-state index in [-0.39, 0.29) is 24.9 Å². The standard InChI is InChI=1S/C20H32N4O4/c1-5-28-15(25)13-24(12-14-8-6-7-9-14)19(27)16(20(2,3)4)23-18(26)17-21-10-11-22-17/h10-11,14,16H,5-9,12-13H2,1-4H3,(H,21,22)(H,23,26)/t16-/m1/s1. The van der Waals surface area contributed by atoms with Gasteiger partial charge in [0.2, 0.25) is 5.91 Å². The Morgan fingerprint density at radius 2 is 2.00 bits per heavy atom. The van der Waals surface area contributed by atoms with E-state index < -0.39 is 23.3 Å². The van der Waals surface area contributed by atoms with Gasteiger partial charge in [-0.3, -0.25) is 14.4 Å². The predicted octanol–water partition coefficient (Wildman–Crippen LogP) is 2.14. The fourth-order valence-corrected chi connectivity index (χ4v) is 3.52. The molecule has 0 spiro atoms. The maximum Gasteiger partial charge on any atom is 0.325 e. The van der Waals surface area contributed by atoms with Crippen molar-refractivity contribution in [2.75, 3.05) is 19.7 Å². The van der Waals surface area contributed by atoms with Crippen LogP contribution in [0.4, 0.5) is 0 Å². The molecule has 8 nitrogen and oxygen atoms in total. The number of amides is 2. The van der Waals surface area contributed by atoms with Gasteiger partial charge in [-0.2, -0.15) is 0 Å². The van der Waals surface area contributed by atoms with Crippen molar-refractivity contribution in [2.24, 2.45) is 11.3 Å². The van der Waals surface area contributed by atoms with Crippen LogP contribution in [0.5, 0.6) is 0 Å². The molecule has 1 saturated carbocycles. The molecule has 1 fully saturated rings. The molecule has 2 N–H and O–H groups in total. The molecule has 2 rings (SSSR count). The SMILES string of the molecule is CCOC(=O)CN(CC1CCCC1)C(=O)[C@@H](NC(=O)c1ncc[nH]1)C(C)(C)C. The zero-order valence-electron chi connectivity index (χ0n) is 17.3. The van der Waals surface area contributed by atoms with Crippen LogP contribution in [0.3, 0.4) is 0 Å². The topological polar surface area (TPSA) is 104 Å². The molecule has 1 heterocycles. The quantitative estimate of drug-likeness (QED) is 0.660. The smallest absolute Gasteiger partial charge is 0.325 e. The molecule has 2 amide bonds. The second kappa shape index (κ2) is 9.71. The molecule has 0 aliphatic heterocycles. The predicted molar refractivity (Wildman–Crippen MR) is 104 cm³/mol. The van der Waals surface area contributed by atoms with Gasteiger partial charge in [-0.05, 0) is 31.1 Å². The maximum atomic E-state index is 13.4. The number of hydrogen-bond donors (Lipinski definition) is 2. The van der Waals surface area contributed by atoms with Crippen LogP contribution in [0.2, 0.25) is 0 Å². The summed E-state index contributed by atoms with van der Waals surface area (Å²) in [7, 11) is 0. The van der Waals surface area contributed by atoms with E-state index in [2.05, 4.69) is 15.3 Å². The fourth-order valence-electron chi connectivity index (χ4n) is 3.52. The normalized spacial score (nSPS) is 15.9. The third kappa shape index (κ3) is 6.07. The molecule has 0 bridgehead atoms. The Labute approximate surface area is 166 Å². The summed E-state index contributed by atoms with van der Waals surface area (Å²) in [6.07, 6.45) is 7.41. The van der Waals surface area contributed by atoms with Crippen molar-refractivity contribution in [3.05, 3.63) is 18.2 Å². The molecular formula is C20H32N4O4. The minimum absolute atomic E-state index is 0.105. The molecule has 0 saturated heterocycles. The zero-order valence-corrected chi connectivity index (χ0v) is 17.3. The maximum absolute atomic E-state index is 13.4. The van der Waals surface area contributed by atoms with Gasteiger partial charge in [-0.25, -0.2) is 4.98 Å². The number of ether oxygens (including phenoxy) is 1. The Morgan fingerprint density at radius 3 is 2.54 bits per heavy atom. The first-order valence-corrected chi connectivity index (χ1v) is 9.97. The highest BCUT2D eigenvalue weighted by atomic mass is 16.5. The van der Waals surface area contributed by atoms with E-state index in [1.165, 1.54) is 6.20 Å². The number of rotatable bonds is 8. The van der Waals surface area contributed by atoms with Crippen LogP contribution in [-0.2, 0) is 14.3 Å². The highest BCUT2D eigenvalue weighted by molar-refractivity contribution is 5.95. The average molecular weight is 393 g/mol. The molecule has 0 unspecified atom stereocenters. The number of aromatic nitrogens is 2. The number of H-pyrrole nitrogens is 1. The number of aromatic amines is 1. The van der Waals surface area contributed by atoms with Crippen LogP contribution in [-0.4, -0.2) is 58.4 Å². The first-order valence-electron chi connectivity index (χ1n) is 9.97. The summed E-state index contributed by atoms with van der Waals surface area (Å²) < 4.78 is 5.06. The lowest BCUT2D eigenvalue weighted by molar-refractivity contribution is -0.150. The molecule has 1 aliphatic carbocycles. The Morgan fingerprint density at radius 1 is 1.32 bits per heavy atom. The van der Waals surface area contributed by atoms with Crippen LogP contribution in [0.15, 0.2) is 12.4 Å². The van der Waals surface area contributed by atoms with Gasteiger partial charge in [0.25, 0.3) is 5.91 Å². The summed E-state index contributed by atoms with van der Waals surface area (Å²) in [5, 5.41) is 2.79. The number of carbonyl (C=O) groups is 3. The minimum atomic E-state index is -0.791. The van der Waals surface area contributed by atoms with Crippen molar-refractivity contribution in [1.82, 2.24) is 20.2 Å². The van der Waals surface area contributed by atoms with E-state index in [0.29, 0.717) is 12.5 Å². The first kappa shape index (κ1) is 21.9. The monoisotopic (exact) mass is 392 g/mol. The van der Waals surface area contributed by atoms with E-state index >= 15 is 0 Å². The molecule has 1 aliphatic rings. The minimum Gasteiger partial charge on any atom is -0.465 e. The summed E-state index contributed by atoms with van der Waals surface area (Å²) in [5.41, 5.74) is -0.540. The lowest BCUT2D eigenvalue weighted by Crippen LogP contribution is -2.56. The molecule has 1 aromatic heterocycles. The first-order chi connectivity index (χ1) is 13.2. The van der Waals surface area contributed by atoms with Crippen molar-refractivity contribution in [3.8, 4) is 0 Å². The second-order valence-electron chi connectivity index (χ2n) is 8.38. The average Bonchev–Trinajstić information content (AvgIpc) is 3.31. The number of imidazole rings is 1. The third-order valence-corrected chi connectivity index (χ3v) is 4.99. The van der Waals surface area contributed by atoms with Gasteiger partial charge < -0.3 is 19.9 Å². The lowest BCUT2D eigenvalue weighted by Gasteiger charge is -2.35. The Kier molecular flexibility index (Phi) is 7.60. The molecule has 156 valence electrons. The van der Waals surface area contributed by atoms with Gasteiger partial charge in [0.15, 0.2) is 5.82 Å². The van der Waals surface area contributed by atoms with Crippen molar-refractivity contribution in [1.29, 1.82) is 0 Å². The molecule has 28 heavy (non-hydrogen) atoms. The van der Waals surface area contributed by atoms with Crippen molar-refractivity contribution >= 4 is 17.8 Å².